The number of aromatic amines is 1. The highest BCUT2D eigenvalue weighted by atomic mass is 16.4. The van der Waals surface area contributed by atoms with Gasteiger partial charge in [-0.25, -0.2) is 9.59 Å². The summed E-state index contributed by atoms with van der Waals surface area (Å²) in [6.45, 7) is 4.38. The molecule has 2 heterocycles. The Hall–Kier alpha value is -2.18. The van der Waals surface area contributed by atoms with Crippen molar-refractivity contribution in [3.63, 3.8) is 0 Å². The molecular weight excluding hydrogens is 274 g/mol. The van der Waals surface area contributed by atoms with E-state index >= 15 is 0 Å². The molecule has 1 saturated heterocycles. The molecule has 2 rings (SSSR count). The largest absolute Gasteiger partial charge is 0.480 e. The highest BCUT2D eigenvalue weighted by Gasteiger charge is 2.35. The van der Waals surface area contributed by atoms with Gasteiger partial charge in [-0.05, 0) is 31.2 Å². The maximum atomic E-state index is 12.4. The molecule has 1 fully saturated rings. The number of hydrogen-bond donors (Lipinski definition) is 2. The SMILES string of the molecule is CC(C)Cc1cc(C(=O)N2CCC[C@H]2C(=O)O)nc(=O)[nH]1. The van der Waals surface area contributed by atoms with Crippen LogP contribution in [0, 0.1) is 5.92 Å². The minimum Gasteiger partial charge on any atom is -0.480 e. The summed E-state index contributed by atoms with van der Waals surface area (Å²) < 4.78 is 0. The summed E-state index contributed by atoms with van der Waals surface area (Å²) in [5.74, 6) is -1.19. The number of rotatable bonds is 4. The van der Waals surface area contributed by atoms with Gasteiger partial charge in [-0.2, -0.15) is 4.98 Å². The molecule has 114 valence electrons. The maximum Gasteiger partial charge on any atom is 0.345 e. The Morgan fingerprint density at radius 1 is 1.52 bits per heavy atom. The first-order chi connectivity index (χ1) is 9.88. The average molecular weight is 293 g/mol. The first-order valence-corrected chi connectivity index (χ1v) is 7.02. The summed E-state index contributed by atoms with van der Waals surface area (Å²) >= 11 is 0. The number of nitrogens with zero attached hydrogens (tertiary/aromatic N) is 2. The molecule has 1 aliphatic heterocycles. The zero-order chi connectivity index (χ0) is 15.6. The molecule has 0 bridgehead atoms. The third kappa shape index (κ3) is 3.48. The van der Waals surface area contributed by atoms with Crippen LogP contribution in [0.25, 0.3) is 0 Å². The molecule has 1 atom stereocenters. The number of H-pyrrole nitrogens is 1. The molecule has 1 aromatic rings. The fourth-order valence-electron chi connectivity index (χ4n) is 2.58. The van der Waals surface area contributed by atoms with E-state index in [2.05, 4.69) is 9.97 Å². The van der Waals surface area contributed by atoms with E-state index in [9.17, 15) is 14.4 Å². The number of amides is 1. The molecular formula is C14H19N3O4. The van der Waals surface area contributed by atoms with E-state index in [4.69, 9.17) is 5.11 Å². The molecule has 7 nitrogen and oxygen atoms in total. The van der Waals surface area contributed by atoms with E-state index in [0.29, 0.717) is 37.4 Å². The minimum absolute atomic E-state index is 0.0163. The minimum atomic E-state index is -1.02. The van der Waals surface area contributed by atoms with Crippen molar-refractivity contribution < 1.29 is 14.7 Å². The summed E-state index contributed by atoms with van der Waals surface area (Å²) in [7, 11) is 0. The molecule has 0 aromatic carbocycles. The van der Waals surface area contributed by atoms with Crippen molar-refractivity contribution in [3.05, 3.63) is 27.9 Å². The van der Waals surface area contributed by atoms with Crippen LogP contribution < -0.4 is 5.69 Å². The van der Waals surface area contributed by atoms with Gasteiger partial charge in [0, 0.05) is 12.2 Å². The number of carboxylic acids is 1. The van der Waals surface area contributed by atoms with Gasteiger partial charge in [0.15, 0.2) is 0 Å². The Kier molecular flexibility index (Phi) is 4.40. The molecule has 0 saturated carbocycles. The van der Waals surface area contributed by atoms with Gasteiger partial charge >= 0.3 is 11.7 Å². The van der Waals surface area contributed by atoms with Gasteiger partial charge in [-0.1, -0.05) is 13.8 Å². The zero-order valence-corrected chi connectivity index (χ0v) is 12.1. The highest BCUT2D eigenvalue weighted by molar-refractivity contribution is 5.95. The van der Waals surface area contributed by atoms with Gasteiger partial charge in [-0.3, -0.25) is 4.79 Å². The number of likely N-dealkylation sites (tertiary alicyclic amines) is 1. The zero-order valence-electron chi connectivity index (χ0n) is 12.1. The van der Waals surface area contributed by atoms with Gasteiger partial charge in [0.05, 0.1) is 0 Å². The van der Waals surface area contributed by atoms with E-state index in [0.717, 1.165) is 0 Å². The highest BCUT2D eigenvalue weighted by Crippen LogP contribution is 2.19. The van der Waals surface area contributed by atoms with E-state index in [-0.39, 0.29) is 5.69 Å². The quantitative estimate of drug-likeness (QED) is 0.848. The summed E-state index contributed by atoms with van der Waals surface area (Å²) in [4.78, 5) is 42.7. The summed E-state index contributed by atoms with van der Waals surface area (Å²) in [5, 5.41) is 9.13. The Bertz CT molecular complexity index is 608. The predicted molar refractivity (Wildman–Crippen MR) is 75.1 cm³/mol. The molecule has 1 aliphatic rings. The maximum absolute atomic E-state index is 12.4. The van der Waals surface area contributed by atoms with Crippen molar-refractivity contribution in [2.24, 2.45) is 5.92 Å². The Labute approximate surface area is 122 Å². The van der Waals surface area contributed by atoms with E-state index in [1.807, 2.05) is 13.8 Å². The lowest BCUT2D eigenvalue weighted by molar-refractivity contribution is -0.141. The second kappa shape index (κ2) is 6.07. The van der Waals surface area contributed by atoms with Crippen LogP contribution >= 0.6 is 0 Å². The monoisotopic (exact) mass is 293 g/mol. The Morgan fingerprint density at radius 2 is 2.24 bits per heavy atom. The molecule has 0 aliphatic carbocycles. The van der Waals surface area contributed by atoms with E-state index < -0.39 is 23.6 Å². The number of carbonyl (C=O) groups excluding carboxylic acids is 1. The van der Waals surface area contributed by atoms with Crippen molar-refractivity contribution in [1.82, 2.24) is 14.9 Å². The molecule has 1 aromatic heterocycles. The van der Waals surface area contributed by atoms with Gasteiger partial charge in [-0.15, -0.1) is 0 Å². The number of carboxylic acid groups (broad SMARTS) is 1. The third-order valence-electron chi connectivity index (χ3n) is 3.45. The van der Waals surface area contributed by atoms with Crippen LogP contribution in [0.1, 0.15) is 42.9 Å². The second-order valence-electron chi connectivity index (χ2n) is 5.69. The van der Waals surface area contributed by atoms with Crippen molar-refractivity contribution >= 4 is 11.9 Å². The van der Waals surface area contributed by atoms with Crippen LogP contribution in [0.15, 0.2) is 10.9 Å². The second-order valence-corrected chi connectivity index (χ2v) is 5.69. The van der Waals surface area contributed by atoms with Crippen LogP contribution in [0.4, 0.5) is 0 Å². The number of hydrogen-bond acceptors (Lipinski definition) is 4. The van der Waals surface area contributed by atoms with E-state index in [1.165, 1.54) is 4.90 Å². The third-order valence-corrected chi connectivity index (χ3v) is 3.45. The number of nitrogens with one attached hydrogen (secondary N) is 1. The fraction of sp³-hybridized carbons (Fsp3) is 0.571. The predicted octanol–water partition coefficient (Wildman–Crippen LogP) is 0.658. The summed E-state index contributed by atoms with van der Waals surface area (Å²) in [5.41, 5.74) is 0.0737. The molecule has 7 heteroatoms. The van der Waals surface area contributed by atoms with Crippen LogP contribution in [0.5, 0.6) is 0 Å². The van der Waals surface area contributed by atoms with Gasteiger partial charge in [0.2, 0.25) is 0 Å². The van der Waals surface area contributed by atoms with Gasteiger partial charge in [0.25, 0.3) is 5.91 Å². The molecule has 2 N–H and O–H groups in total. The lowest BCUT2D eigenvalue weighted by atomic mass is 10.1. The van der Waals surface area contributed by atoms with Gasteiger partial charge in [0.1, 0.15) is 11.7 Å². The lowest BCUT2D eigenvalue weighted by Crippen LogP contribution is -2.41. The van der Waals surface area contributed by atoms with Crippen LogP contribution in [0.2, 0.25) is 0 Å². The van der Waals surface area contributed by atoms with Crippen molar-refractivity contribution in [2.45, 2.75) is 39.2 Å². The normalized spacial score (nSPS) is 18.2. The molecule has 1 amide bonds. The molecule has 0 radical (unpaired) electrons. The number of aliphatic carboxylic acids is 1. The van der Waals surface area contributed by atoms with Crippen LogP contribution in [0.3, 0.4) is 0 Å². The summed E-state index contributed by atoms with van der Waals surface area (Å²) in [6, 6.07) is 0.716. The van der Waals surface area contributed by atoms with Crippen molar-refractivity contribution in [1.29, 1.82) is 0 Å². The van der Waals surface area contributed by atoms with E-state index in [1.54, 1.807) is 6.07 Å². The first-order valence-electron chi connectivity index (χ1n) is 7.02. The number of carbonyl (C=O) groups is 2. The van der Waals surface area contributed by atoms with Crippen molar-refractivity contribution in [2.75, 3.05) is 6.54 Å². The van der Waals surface area contributed by atoms with Crippen molar-refractivity contribution in [3.8, 4) is 0 Å². The van der Waals surface area contributed by atoms with Gasteiger partial charge < -0.3 is 15.0 Å². The van der Waals surface area contributed by atoms with Crippen LogP contribution in [-0.2, 0) is 11.2 Å². The lowest BCUT2D eigenvalue weighted by Gasteiger charge is -2.21. The topological polar surface area (TPSA) is 103 Å². The Balaban J connectivity index is 2.28. The number of aromatic nitrogens is 2. The smallest absolute Gasteiger partial charge is 0.345 e. The summed E-state index contributed by atoms with van der Waals surface area (Å²) in [6.07, 6.45) is 1.70. The molecule has 21 heavy (non-hydrogen) atoms. The average Bonchev–Trinajstić information content (AvgIpc) is 2.85. The molecule has 0 unspecified atom stereocenters. The Morgan fingerprint density at radius 3 is 2.86 bits per heavy atom. The first kappa shape index (κ1) is 15.2. The standard InChI is InChI=1S/C14H19N3O4/c1-8(2)6-9-7-10(16-14(21)15-9)12(18)17-5-3-4-11(17)13(19)20/h7-8,11H,3-6H2,1-2H3,(H,19,20)(H,15,16,21)/t11-/m0/s1. The fourth-order valence-corrected chi connectivity index (χ4v) is 2.58. The molecule has 0 spiro atoms. The van der Waals surface area contributed by atoms with Crippen LogP contribution in [-0.4, -0.2) is 44.4 Å².